The van der Waals surface area contributed by atoms with E-state index in [1.807, 2.05) is 70.6 Å². The fourth-order valence-electron chi connectivity index (χ4n) is 12.7. The van der Waals surface area contributed by atoms with Crippen molar-refractivity contribution in [1.82, 2.24) is 83.6 Å². The molecule has 3 saturated heterocycles. The van der Waals surface area contributed by atoms with Crippen LogP contribution >= 0.6 is 12.4 Å². The van der Waals surface area contributed by atoms with Crippen LogP contribution < -0.4 is 48.9 Å². The number of aromatic nitrogens is 15. The molecule has 0 aromatic carbocycles. The van der Waals surface area contributed by atoms with Gasteiger partial charge in [0, 0.05) is 144 Å². The molecule has 0 bridgehead atoms. The number of carbonyl (C=O) groups is 4. The lowest BCUT2D eigenvalue weighted by Crippen LogP contribution is -2.38. The van der Waals surface area contributed by atoms with Crippen molar-refractivity contribution in [2.24, 2.45) is 16.8 Å². The number of nitrogens with one attached hydrogen (secondary N) is 2. The van der Waals surface area contributed by atoms with E-state index in [0.29, 0.717) is 88.5 Å². The molecule has 3 aliphatic heterocycles. The summed E-state index contributed by atoms with van der Waals surface area (Å²) in [7, 11) is 7.95. The highest BCUT2D eigenvalue weighted by atomic mass is 35.5. The van der Waals surface area contributed by atoms with Gasteiger partial charge in [-0.2, -0.15) is 0 Å². The van der Waals surface area contributed by atoms with Crippen molar-refractivity contribution < 1.29 is 94.7 Å². The van der Waals surface area contributed by atoms with E-state index in [2.05, 4.69) is 81.5 Å². The number of carboxylic acids is 1. The van der Waals surface area contributed by atoms with Gasteiger partial charge >= 0.3 is 5.97 Å². The molecule has 6 unspecified atom stereocenters. The van der Waals surface area contributed by atoms with Gasteiger partial charge in [0.05, 0.1) is 69.8 Å². The Morgan fingerprint density at radius 3 is 1.16 bits per heavy atom. The summed E-state index contributed by atoms with van der Waals surface area (Å²) in [5.74, 6) is 3.45. The number of hydrogen-bond acceptors (Lipinski definition) is 37. The second kappa shape index (κ2) is 44.3. The second-order valence-corrected chi connectivity index (χ2v) is 26.1. The number of anilines is 3. The number of oxime groups is 1. The predicted octanol–water partition coefficient (Wildman–Crippen LogP) is 8.11. The molecule has 123 heavy (non-hydrogen) atoms. The first-order valence-corrected chi connectivity index (χ1v) is 36.9. The van der Waals surface area contributed by atoms with Crippen LogP contribution in [-0.4, -0.2) is 230 Å². The lowest BCUT2D eigenvalue weighted by molar-refractivity contribution is 0.0168. The van der Waals surface area contributed by atoms with Gasteiger partial charge in [0.2, 0.25) is 23.4 Å². The van der Waals surface area contributed by atoms with Crippen LogP contribution in [0.1, 0.15) is 91.6 Å². The SMILES string of the molecule is C.COC1CCOC1CN.COC1CCOC1CNC(=O)c1nc(-c2ccc3ncc(C)n3c2)c(-c2ncco2)nc1N.COC1CCOC1CNC(=O)c1nc(-c2ccc3ncc(C)n3c2)c(-c2ncco2)nc1N.COc1ccoc1/C=N/O.COc1ccoc1C=O.Cc1cnc2ccc(-c3nc(C(=O)O)c(N)nc3-c3ncco3)cn12.Cl.NO. The summed E-state index contributed by atoms with van der Waals surface area (Å²) in [4.78, 5) is 99.3. The number of nitrogen functional groups attached to an aromatic ring is 3. The van der Waals surface area contributed by atoms with Crippen molar-refractivity contribution in [3.05, 3.63) is 181 Å². The lowest BCUT2D eigenvalue weighted by atomic mass is 10.1. The van der Waals surface area contributed by atoms with Crippen LogP contribution in [0.15, 0.2) is 163 Å². The zero-order valence-electron chi connectivity index (χ0n) is 66.9. The second-order valence-electron chi connectivity index (χ2n) is 26.1. The van der Waals surface area contributed by atoms with Crippen molar-refractivity contribution in [3.63, 3.8) is 0 Å². The summed E-state index contributed by atoms with van der Waals surface area (Å²) in [5.41, 5.74) is 32.4. The molecule has 15 N–H and O–H groups in total. The van der Waals surface area contributed by atoms with Crippen LogP contribution in [-0.2, 0) is 28.4 Å². The van der Waals surface area contributed by atoms with E-state index in [-0.39, 0.29) is 133 Å². The number of nitrogens with zero attached hydrogens (tertiary/aromatic N) is 16. The molecule has 17 rings (SSSR count). The first-order chi connectivity index (χ1) is 58.8. The van der Waals surface area contributed by atoms with Crippen LogP contribution in [0.2, 0.25) is 0 Å². The maximum Gasteiger partial charge on any atom is 0.358 e. The molecule has 44 heteroatoms. The topological polar surface area (TPSA) is 603 Å². The largest absolute Gasteiger partial charge is 0.493 e. The third-order valence-electron chi connectivity index (χ3n) is 18.7. The van der Waals surface area contributed by atoms with Gasteiger partial charge in [0.15, 0.2) is 75.2 Å². The Morgan fingerprint density at radius 1 is 0.496 bits per heavy atom. The number of rotatable bonds is 21. The molecule has 0 spiro atoms. The van der Waals surface area contributed by atoms with E-state index in [9.17, 15) is 24.3 Å². The Balaban J connectivity index is 0.000000178. The van der Waals surface area contributed by atoms with Gasteiger partial charge < -0.3 is 122 Å². The summed E-state index contributed by atoms with van der Waals surface area (Å²) in [6.45, 7) is 8.90. The van der Waals surface area contributed by atoms with E-state index >= 15 is 0 Å². The summed E-state index contributed by atoms with van der Waals surface area (Å²) in [5, 5.41) is 32.4. The maximum absolute atomic E-state index is 13.0. The standard InChI is InChI=1S/2C22H23N7O4.C16H12N6O3.C6H7NO3.C6H13NO2.C6H6O3.CH4.ClH.H3NO/c2*1-12-9-25-16-4-3-13(11-29(12)16)17-18(22-24-6-8-33-22)28-20(23)19(27-17)21(30)26-10-15-14(31-2)5-7-32-15;1-8-6-19-10-3-2-9(7-22(8)10)11-12(15-18-4-5-25-15)21-14(17)13(20-11)16(23)24;1-9-5-2-3-10-6(5)4-7-8;2*1-8-5-2-3-9-6(5)4-7;;;1-2/h2*3-4,6,8-9,11,14-15H,5,7,10H2,1-2H3,(H2,23,28)(H,26,30);2-7H,1H3,(H2,17,21)(H,23,24);2-4,8H,1H3;5-6H,2-4,7H2,1H3;2-4H,1H3;1H4;1H;2H,1H2/b;;;7-4+;;;;;. The number of nitrogens with two attached hydrogens (primary N) is 5. The smallest absolute Gasteiger partial charge is 0.358 e. The molecule has 0 saturated carbocycles. The number of furan rings is 2. The van der Waals surface area contributed by atoms with Crippen molar-refractivity contribution in [2.45, 2.75) is 84.1 Å². The number of carbonyl (C=O) groups excluding carboxylic acids is 3. The average Bonchev–Trinajstić information content (AvgIpc) is 1.75. The molecule has 0 radical (unpaired) electrons. The first kappa shape index (κ1) is 92.9. The number of aromatic carboxylic acids is 1. The van der Waals surface area contributed by atoms with Crippen LogP contribution in [0.3, 0.4) is 0 Å². The molecule has 17 heterocycles. The van der Waals surface area contributed by atoms with Crippen molar-refractivity contribution in [3.8, 4) is 80.0 Å². The predicted molar refractivity (Wildman–Crippen MR) is 444 cm³/mol. The number of fused-ring (bicyclic) bond motifs is 3. The van der Waals surface area contributed by atoms with Gasteiger partial charge in [0.25, 0.3) is 11.8 Å². The Bertz CT molecular complexity index is 5590. The molecule has 3 aliphatic rings. The number of amides is 2. The van der Waals surface area contributed by atoms with E-state index in [1.165, 1.54) is 70.3 Å². The molecule has 0 aliphatic carbocycles. The van der Waals surface area contributed by atoms with Gasteiger partial charge in [0.1, 0.15) is 71.2 Å². The minimum atomic E-state index is -1.26. The number of carboxylic acid groups (broad SMARTS) is 1. The van der Waals surface area contributed by atoms with Gasteiger partial charge in [-0.15, -0.1) is 12.4 Å². The third-order valence-corrected chi connectivity index (χ3v) is 18.7. The first-order valence-electron chi connectivity index (χ1n) is 36.9. The van der Waals surface area contributed by atoms with E-state index in [4.69, 9.17) is 93.3 Å². The Labute approximate surface area is 706 Å². The number of hydrogen-bond donors (Lipinski definition) is 10. The number of pyridine rings is 3. The fraction of sp³-hybridized carbons (Fsp3) is 0.304. The lowest BCUT2D eigenvalue weighted by Gasteiger charge is -2.18. The number of methoxy groups -OCH3 is 5. The maximum atomic E-state index is 13.0. The minimum Gasteiger partial charge on any atom is -0.493 e. The highest BCUT2D eigenvalue weighted by molar-refractivity contribution is 5.99. The summed E-state index contributed by atoms with van der Waals surface area (Å²) in [6, 6.07) is 14.2. The Kier molecular flexibility index (Phi) is 33.5. The van der Waals surface area contributed by atoms with Crippen LogP contribution in [0, 0.1) is 20.8 Å². The number of oxazole rings is 3. The number of ether oxygens (including phenoxy) is 8. The molecular weight excluding hydrogens is 1630 g/mol. The van der Waals surface area contributed by atoms with E-state index in [1.54, 1.807) is 70.4 Å². The van der Waals surface area contributed by atoms with Crippen LogP contribution in [0.5, 0.6) is 11.5 Å². The number of imidazole rings is 3. The van der Waals surface area contributed by atoms with Crippen LogP contribution in [0.25, 0.3) is 85.5 Å². The quantitative estimate of drug-likeness (QED) is 0.0140. The van der Waals surface area contributed by atoms with E-state index in [0.717, 1.165) is 59.9 Å². The summed E-state index contributed by atoms with van der Waals surface area (Å²) in [6.07, 6.45) is 26.6. The number of halogens is 1. The highest BCUT2D eigenvalue weighted by Crippen LogP contribution is 2.35. The monoisotopic (exact) mass is 1720 g/mol. The molecule has 3 fully saturated rings. The average molecular weight is 1720 g/mol. The Hall–Kier alpha value is -14.0. The van der Waals surface area contributed by atoms with Gasteiger partial charge in [-0.3, -0.25) is 14.4 Å². The summed E-state index contributed by atoms with van der Waals surface area (Å²) < 4.78 is 73.5. The molecule has 2 amide bonds. The van der Waals surface area contributed by atoms with E-state index < -0.39 is 17.8 Å². The third kappa shape index (κ3) is 22.2. The van der Waals surface area contributed by atoms with Gasteiger partial charge in [-0.25, -0.2) is 70.5 Å². The van der Waals surface area contributed by atoms with Crippen molar-refractivity contribution >= 4 is 77.1 Å². The fourth-order valence-corrected chi connectivity index (χ4v) is 12.7. The van der Waals surface area contributed by atoms with Gasteiger partial charge in [-0.05, 0) is 76.4 Å². The Morgan fingerprint density at radius 2 is 0.846 bits per heavy atom. The van der Waals surface area contributed by atoms with Gasteiger partial charge in [-0.1, -0.05) is 12.6 Å². The molecule has 14 aromatic heterocycles. The van der Waals surface area contributed by atoms with Crippen molar-refractivity contribution in [1.29, 1.82) is 0 Å². The molecule has 6 atom stereocenters. The molecular formula is C79H92ClN23O20. The highest BCUT2D eigenvalue weighted by Gasteiger charge is 2.33. The zero-order valence-corrected chi connectivity index (χ0v) is 67.7. The number of aldehydes is 1. The normalized spacial score (nSPS) is 16.1. The molecule has 43 nitrogen and oxygen atoms in total. The van der Waals surface area contributed by atoms with Crippen LogP contribution in [0.4, 0.5) is 17.5 Å². The molecule has 650 valence electrons. The van der Waals surface area contributed by atoms with Crippen molar-refractivity contribution in [2.75, 3.05) is 92.2 Å². The summed E-state index contributed by atoms with van der Waals surface area (Å²) >= 11 is 0. The molecule has 14 aromatic rings. The minimum absolute atomic E-state index is 0. The zero-order chi connectivity index (χ0) is 86.2. The number of aryl methyl sites for hydroxylation is 3.